The predicted octanol–water partition coefficient (Wildman–Crippen LogP) is 3.80. The summed E-state index contributed by atoms with van der Waals surface area (Å²) in [5.74, 6) is 0. The number of fused-ring (bicyclic) bond motifs is 2. The molecule has 21 heavy (non-hydrogen) atoms. The van der Waals surface area contributed by atoms with Gasteiger partial charge in [0.25, 0.3) is 0 Å². The van der Waals surface area contributed by atoms with Gasteiger partial charge in [0, 0.05) is 28.7 Å². The Bertz CT molecular complexity index is 921. The van der Waals surface area contributed by atoms with Crippen LogP contribution in [0.1, 0.15) is 17.2 Å². The largest absolute Gasteiger partial charge is 0.384 e. The van der Waals surface area contributed by atoms with Gasteiger partial charge in [0.2, 0.25) is 0 Å². The van der Waals surface area contributed by atoms with Crippen molar-refractivity contribution in [2.24, 2.45) is 0 Å². The fourth-order valence-corrected chi connectivity index (χ4v) is 2.87. The molecule has 0 aliphatic rings. The number of pyridine rings is 1. The van der Waals surface area contributed by atoms with Crippen LogP contribution in [0.4, 0.5) is 0 Å². The van der Waals surface area contributed by atoms with Gasteiger partial charge in [-0.15, -0.1) is 0 Å². The van der Waals surface area contributed by atoms with Crippen molar-refractivity contribution in [1.29, 1.82) is 0 Å². The number of aromatic amines is 1. The summed E-state index contributed by atoms with van der Waals surface area (Å²) in [6, 6.07) is 17.7. The maximum Gasteiger partial charge on any atom is 0.105 e. The lowest BCUT2D eigenvalue weighted by Crippen LogP contribution is -2.01. The van der Waals surface area contributed by atoms with Gasteiger partial charge in [-0.1, -0.05) is 30.3 Å². The summed E-state index contributed by atoms with van der Waals surface area (Å²) >= 11 is 0. The van der Waals surface area contributed by atoms with Gasteiger partial charge >= 0.3 is 0 Å². The van der Waals surface area contributed by atoms with E-state index in [1.54, 1.807) is 6.20 Å². The summed E-state index contributed by atoms with van der Waals surface area (Å²) in [5.41, 5.74) is 3.72. The van der Waals surface area contributed by atoms with E-state index in [1.807, 2.05) is 60.8 Å². The smallest absolute Gasteiger partial charge is 0.105 e. The van der Waals surface area contributed by atoms with Crippen molar-refractivity contribution >= 4 is 21.8 Å². The molecular formula is C18H14N2O. The van der Waals surface area contributed by atoms with Crippen LogP contribution in [0.25, 0.3) is 21.8 Å². The molecule has 0 aliphatic heterocycles. The number of H-pyrrole nitrogens is 1. The molecule has 0 fully saturated rings. The quantitative estimate of drug-likeness (QED) is 0.584. The van der Waals surface area contributed by atoms with Crippen LogP contribution in [0.5, 0.6) is 0 Å². The Labute approximate surface area is 121 Å². The maximum atomic E-state index is 10.9. The molecule has 0 saturated carbocycles. The minimum Gasteiger partial charge on any atom is -0.384 e. The molecule has 4 rings (SSSR count). The van der Waals surface area contributed by atoms with Crippen molar-refractivity contribution in [3.63, 3.8) is 0 Å². The van der Waals surface area contributed by atoms with E-state index >= 15 is 0 Å². The third kappa shape index (κ3) is 1.90. The highest BCUT2D eigenvalue weighted by atomic mass is 16.3. The van der Waals surface area contributed by atoms with Crippen molar-refractivity contribution in [1.82, 2.24) is 9.97 Å². The molecule has 1 atom stereocenters. The Kier molecular flexibility index (Phi) is 2.72. The van der Waals surface area contributed by atoms with Gasteiger partial charge in [-0.05, 0) is 35.4 Å². The minimum atomic E-state index is -0.669. The first kappa shape index (κ1) is 12.1. The maximum absolute atomic E-state index is 10.9. The molecule has 3 nitrogen and oxygen atoms in total. The summed E-state index contributed by atoms with van der Waals surface area (Å²) in [4.78, 5) is 7.53. The van der Waals surface area contributed by atoms with E-state index in [4.69, 9.17) is 0 Å². The van der Waals surface area contributed by atoms with Crippen LogP contribution in [0, 0.1) is 0 Å². The lowest BCUT2D eigenvalue weighted by atomic mass is 9.96. The van der Waals surface area contributed by atoms with Crippen LogP contribution in [0.15, 0.2) is 67.0 Å². The normalized spacial score (nSPS) is 12.8. The number of hydrogen-bond donors (Lipinski definition) is 2. The van der Waals surface area contributed by atoms with Gasteiger partial charge < -0.3 is 10.1 Å². The lowest BCUT2D eigenvalue weighted by molar-refractivity contribution is 0.223. The number of aliphatic hydroxyl groups is 1. The van der Waals surface area contributed by atoms with Crippen molar-refractivity contribution < 1.29 is 5.11 Å². The summed E-state index contributed by atoms with van der Waals surface area (Å²) in [5, 5.41) is 12.9. The first-order valence-corrected chi connectivity index (χ1v) is 6.92. The molecule has 3 heteroatoms. The first-order valence-electron chi connectivity index (χ1n) is 6.92. The Morgan fingerprint density at radius 1 is 0.857 bits per heavy atom. The van der Waals surface area contributed by atoms with E-state index in [0.29, 0.717) is 0 Å². The van der Waals surface area contributed by atoms with Crippen LogP contribution in [0.2, 0.25) is 0 Å². The predicted molar refractivity (Wildman–Crippen MR) is 84.1 cm³/mol. The molecule has 4 aromatic rings. The van der Waals surface area contributed by atoms with Gasteiger partial charge in [0.1, 0.15) is 6.10 Å². The van der Waals surface area contributed by atoms with E-state index < -0.39 is 6.10 Å². The number of rotatable bonds is 2. The van der Waals surface area contributed by atoms with Gasteiger partial charge in [0.05, 0.1) is 5.52 Å². The molecule has 0 aliphatic carbocycles. The fourth-order valence-electron chi connectivity index (χ4n) is 2.87. The number of para-hydroxylation sites is 1. The number of nitrogens with zero attached hydrogens (tertiary/aromatic N) is 1. The second-order valence-electron chi connectivity index (χ2n) is 5.11. The summed E-state index contributed by atoms with van der Waals surface area (Å²) in [6.45, 7) is 0. The highest BCUT2D eigenvalue weighted by Crippen LogP contribution is 2.31. The average Bonchev–Trinajstić information content (AvgIpc) is 3.02. The molecule has 2 aromatic heterocycles. The SMILES string of the molecule is OC(c1ccnc2ccccc12)c1cccc2[nH]ccc12. The number of nitrogens with one attached hydrogen (secondary N) is 1. The van der Waals surface area contributed by atoms with Crippen LogP contribution >= 0.6 is 0 Å². The van der Waals surface area contributed by atoms with E-state index in [9.17, 15) is 5.11 Å². The zero-order valence-corrected chi connectivity index (χ0v) is 11.3. The van der Waals surface area contributed by atoms with E-state index in [1.165, 1.54) is 0 Å². The van der Waals surface area contributed by atoms with Crippen LogP contribution in [-0.2, 0) is 0 Å². The number of aromatic nitrogens is 2. The molecule has 0 radical (unpaired) electrons. The lowest BCUT2D eigenvalue weighted by Gasteiger charge is -2.15. The standard InChI is InChI=1S/C18H14N2O/c21-18(14-5-3-7-17-13(14)8-10-19-17)15-9-11-20-16-6-2-1-4-12(15)16/h1-11,18-19,21H. The van der Waals surface area contributed by atoms with Crippen molar-refractivity contribution in [2.45, 2.75) is 6.10 Å². The van der Waals surface area contributed by atoms with Crippen LogP contribution in [-0.4, -0.2) is 15.1 Å². The van der Waals surface area contributed by atoms with Crippen LogP contribution < -0.4 is 0 Å². The third-order valence-electron chi connectivity index (χ3n) is 3.90. The van der Waals surface area contributed by atoms with E-state index in [2.05, 4.69) is 9.97 Å². The number of hydrogen-bond acceptors (Lipinski definition) is 2. The third-order valence-corrected chi connectivity index (χ3v) is 3.90. The first-order chi connectivity index (χ1) is 10.3. The van der Waals surface area contributed by atoms with Gasteiger partial charge in [0.15, 0.2) is 0 Å². The summed E-state index contributed by atoms with van der Waals surface area (Å²) < 4.78 is 0. The molecule has 0 spiro atoms. The van der Waals surface area contributed by atoms with E-state index in [-0.39, 0.29) is 0 Å². The topological polar surface area (TPSA) is 48.9 Å². The zero-order chi connectivity index (χ0) is 14.2. The summed E-state index contributed by atoms with van der Waals surface area (Å²) in [6.07, 6.45) is 2.97. The molecule has 0 amide bonds. The van der Waals surface area contributed by atoms with Crippen molar-refractivity contribution in [2.75, 3.05) is 0 Å². The van der Waals surface area contributed by atoms with Gasteiger partial charge in [-0.2, -0.15) is 0 Å². The fraction of sp³-hybridized carbons (Fsp3) is 0.0556. The Morgan fingerprint density at radius 2 is 1.71 bits per heavy atom. The second-order valence-corrected chi connectivity index (χ2v) is 5.11. The Hall–Kier alpha value is -2.65. The molecule has 2 N–H and O–H groups in total. The van der Waals surface area contributed by atoms with Crippen LogP contribution in [0.3, 0.4) is 0 Å². The van der Waals surface area contributed by atoms with Crippen molar-refractivity contribution in [3.05, 3.63) is 78.1 Å². The number of benzene rings is 2. The average molecular weight is 274 g/mol. The molecule has 0 bridgehead atoms. The minimum absolute atomic E-state index is 0.669. The highest BCUT2D eigenvalue weighted by molar-refractivity contribution is 5.86. The zero-order valence-electron chi connectivity index (χ0n) is 11.3. The van der Waals surface area contributed by atoms with Gasteiger partial charge in [-0.25, -0.2) is 0 Å². The van der Waals surface area contributed by atoms with Gasteiger partial charge in [-0.3, -0.25) is 4.98 Å². The highest BCUT2D eigenvalue weighted by Gasteiger charge is 2.16. The molecule has 0 saturated heterocycles. The second kappa shape index (κ2) is 4.72. The Balaban J connectivity index is 1.94. The number of aliphatic hydroxyl groups excluding tert-OH is 1. The Morgan fingerprint density at radius 3 is 2.67 bits per heavy atom. The molecule has 102 valence electrons. The van der Waals surface area contributed by atoms with Crippen molar-refractivity contribution in [3.8, 4) is 0 Å². The molecule has 1 unspecified atom stereocenters. The monoisotopic (exact) mass is 274 g/mol. The molecule has 2 heterocycles. The summed E-state index contributed by atoms with van der Waals surface area (Å²) in [7, 11) is 0. The molecular weight excluding hydrogens is 260 g/mol. The molecule has 2 aromatic carbocycles. The van der Waals surface area contributed by atoms with E-state index in [0.717, 1.165) is 32.9 Å².